The Labute approximate surface area is 179 Å². The summed E-state index contributed by atoms with van der Waals surface area (Å²) >= 11 is 1.31. The molecular weight excluding hydrogens is 404 g/mol. The summed E-state index contributed by atoms with van der Waals surface area (Å²) in [5, 5.41) is 11.9. The summed E-state index contributed by atoms with van der Waals surface area (Å²) in [4.78, 5) is 12.2. The topological polar surface area (TPSA) is 87.5 Å². The van der Waals surface area contributed by atoms with Crippen molar-refractivity contribution >= 4 is 23.4 Å². The normalized spacial score (nSPS) is 11.6. The van der Waals surface area contributed by atoms with Gasteiger partial charge in [-0.25, -0.2) is 0 Å². The van der Waals surface area contributed by atoms with E-state index in [0.29, 0.717) is 22.4 Å². The van der Waals surface area contributed by atoms with Crippen LogP contribution in [0.3, 0.4) is 0 Å². The van der Waals surface area contributed by atoms with Crippen molar-refractivity contribution in [1.29, 1.82) is 0 Å². The van der Waals surface area contributed by atoms with Gasteiger partial charge in [-0.1, -0.05) is 11.8 Å². The molecule has 9 heteroatoms. The van der Waals surface area contributed by atoms with Crippen LogP contribution in [-0.2, 0) is 11.8 Å². The summed E-state index contributed by atoms with van der Waals surface area (Å²) in [6.07, 6.45) is -0.307. The number of aromatic nitrogens is 3. The van der Waals surface area contributed by atoms with Crippen molar-refractivity contribution in [3.8, 4) is 17.2 Å². The van der Waals surface area contributed by atoms with Gasteiger partial charge in [0.2, 0.25) is 5.91 Å². The Kier molecular flexibility index (Phi) is 7.18. The third kappa shape index (κ3) is 5.44. The second-order valence-electron chi connectivity index (χ2n) is 6.40. The van der Waals surface area contributed by atoms with Crippen LogP contribution in [0.4, 0.5) is 5.69 Å². The number of ether oxygens (including phenoxy) is 3. The molecule has 1 unspecified atom stereocenters. The van der Waals surface area contributed by atoms with Crippen molar-refractivity contribution in [2.24, 2.45) is 7.05 Å². The number of rotatable bonds is 9. The zero-order valence-corrected chi connectivity index (χ0v) is 18.1. The molecule has 1 N–H and O–H groups in total. The van der Waals surface area contributed by atoms with Crippen LogP contribution in [0.2, 0.25) is 0 Å². The average molecular weight is 429 g/mol. The molecule has 3 rings (SSSR count). The van der Waals surface area contributed by atoms with Crippen molar-refractivity contribution < 1.29 is 19.0 Å². The fourth-order valence-electron chi connectivity index (χ4n) is 2.72. The molecule has 158 valence electrons. The molecule has 0 spiro atoms. The van der Waals surface area contributed by atoms with Crippen molar-refractivity contribution in [2.45, 2.75) is 18.2 Å². The maximum atomic E-state index is 12.2. The van der Waals surface area contributed by atoms with Crippen molar-refractivity contribution in [3.63, 3.8) is 0 Å². The summed E-state index contributed by atoms with van der Waals surface area (Å²) in [7, 11) is 5.07. The van der Waals surface area contributed by atoms with Crippen molar-refractivity contribution in [3.05, 3.63) is 54.4 Å². The summed E-state index contributed by atoms with van der Waals surface area (Å²) in [5.74, 6) is 2.96. The van der Waals surface area contributed by atoms with Crippen LogP contribution < -0.4 is 19.5 Å². The Balaban J connectivity index is 1.55. The van der Waals surface area contributed by atoms with Crippen LogP contribution >= 0.6 is 11.8 Å². The van der Waals surface area contributed by atoms with E-state index < -0.39 is 0 Å². The highest BCUT2D eigenvalue weighted by Crippen LogP contribution is 2.25. The molecule has 0 saturated heterocycles. The van der Waals surface area contributed by atoms with E-state index in [1.165, 1.54) is 11.8 Å². The molecule has 1 aromatic heterocycles. The Morgan fingerprint density at radius 1 is 1.00 bits per heavy atom. The Morgan fingerprint density at radius 2 is 1.57 bits per heavy atom. The first-order valence-electron chi connectivity index (χ1n) is 9.27. The first kappa shape index (κ1) is 21.5. The molecule has 1 atom stereocenters. The Morgan fingerprint density at radius 3 is 2.17 bits per heavy atom. The number of carbonyl (C=O) groups is 1. The first-order valence-corrected chi connectivity index (χ1v) is 10.3. The van der Waals surface area contributed by atoms with Gasteiger partial charge in [0, 0.05) is 12.7 Å². The fourth-order valence-corrected chi connectivity index (χ4v) is 3.44. The molecule has 2 aromatic carbocycles. The van der Waals surface area contributed by atoms with Crippen LogP contribution in [0.15, 0.2) is 53.7 Å². The second-order valence-corrected chi connectivity index (χ2v) is 7.34. The second kappa shape index (κ2) is 10.0. The molecule has 0 saturated carbocycles. The molecule has 0 fully saturated rings. The van der Waals surface area contributed by atoms with Gasteiger partial charge in [0.1, 0.15) is 17.2 Å². The number of amides is 1. The molecule has 0 bridgehead atoms. The van der Waals surface area contributed by atoms with Crippen molar-refractivity contribution in [2.75, 3.05) is 25.3 Å². The van der Waals surface area contributed by atoms with E-state index in [0.717, 1.165) is 11.5 Å². The summed E-state index contributed by atoms with van der Waals surface area (Å²) in [6.45, 7) is 1.90. The smallest absolute Gasteiger partial charge is 0.234 e. The average Bonchev–Trinajstić information content (AvgIpc) is 3.14. The molecule has 8 nitrogen and oxygen atoms in total. The maximum absolute atomic E-state index is 12.2. The summed E-state index contributed by atoms with van der Waals surface area (Å²) < 4.78 is 18.0. The quantitative estimate of drug-likeness (QED) is 0.520. The molecule has 0 aliphatic carbocycles. The molecule has 1 amide bonds. The number of nitrogens with one attached hydrogen (secondary N) is 1. The van der Waals surface area contributed by atoms with Gasteiger partial charge in [-0.05, 0) is 55.5 Å². The zero-order valence-electron chi connectivity index (χ0n) is 17.3. The minimum atomic E-state index is -0.307. The van der Waals surface area contributed by atoms with Gasteiger partial charge in [0.05, 0.1) is 20.0 Å². The lowest BCUT2D eigenvalue weighted by atomic mass is 10.3. The van der Waals surface area contributed by atoms with E-state index in [2.05, 4.69) is 15.5 Å². The van der Waals surface area contributed by atoms with Crippen LogP contribution in [0.5, 0.6) is 17.2 Å². The van der Waals surface area contributed by atoms with E-state index in [4.69, 9.17) is 14.2 Å². The highest BCUT2D eigenvalue weighted by Gasteiger charge is 2.18. The van der Waals surface area contributed by atoms with Gasteiger partial charge in [0.25, 0.3) is 0 Å². The lowest BCUT2D eigenvalue weighted by Crippen LogP contribution is -2.14. The number of thioether (sulfide) groups is 1. The first-order chi connectivity index (χ1) is 14.5. The van der Waals surface area contributed by atoms with Gasteiger partial charge in [0.15, 0.2) is 17.1 Å². The lowest BCUT2D eigenvalue weighted by Gasteiger charge is -2.14. The minimum Gasteiger partial charge on any atom is -0.497 e. The number of hydrogen-bond acceptors (Lipinski definition) is 7. The Bertz CT molecular complexity index is 974. The van der Waals surface area contributed by atoms with E-state index in [1.54, 1.807) is 38.5 Å². The van der Waals surface area contributed by atoms with E-state index in [-0.39, 0.29) is 17.8 Å². The van der Waals surface area contributed by atoms with Crippen molar-refractivity contribution in [1.82, 2.24) is 14.8 Å². The fraction of sp³-hybridized carbons (Fsp3) is 0.286. The summed E-state index contributed by atoms with van der Waals surface area (Å²) in [6, 6.07) is 14.5. The van der Waals surface area contributed by atoms with Gasteiger partial charge in [-0.2, -0.15) is 0 Å². The molecule has 0 aliphatic heterocycles. The predicted octanol–water partition coefficient (Wildman–Crippen LogP) is 3.70. The number of anilines is 1. The standard InChI is InChI=1S/C21H24N4O4S/c1-14(29-18-11-9-17(28-4)10-12-18)20-23-24-21(25(20)2)30-13-19(26)22-15-5-7-16(27-3)8-6-15/h5-12,14H,13H2,1-4H3,(H,22,26). The third-order valence-corrected chi connectivity index (χ3v) is 5.33. The highest BCUT2D eigenvalue weighted by molar-refractivity contribution is 7.99. The maximum Gasteiger partial charge on any atom is 0.234 e. The monoisotopic (exact) mass is 428 g/mol. The predicted molar refractivity (Wildman–Crippen MR) is 115 cm³/mol. The van der Waals surface area contributed by atoms with Crippen LogP contribution in [0.1, 0.15) is 18.9 Å². The van der Waals surface area contributed by atoms with Crippen LogP contribution in [-0.4, -0.2) is 40.6 Å². The number of methoxy groups -OCH3 is 2. The van der Waals surface area contributed by atoms with E-state index in [1.807, 2.05) is 42.8 Å². The lowest BCUT2D eigenvalue weighted by molar-refractivity contribution is -0.113. The number of nitrogens with zero attached hydrogens (tertiary/aromatic N) is 3. The van der Waals surface area contributed by atoms with Crippen LogP contribution in [0.25, 0.3) is 0 Å². The SMILES string of the molecule is COc1ccc(NC(=O)CSc2nnc(C(C)Oc3ccc(OC)cc3)n2C)cc1. The van der Waals surface area contributed by atoms with Gasteiger partial charge >= 0.3 is 0 Å². The molecule has 1 heterocycles. The van der Waals surface area contributed by atoms with Gasteiger partial charge in [-0.15, -0.1) is 10.2 Å². The number of hydrogen-bond donors (Lipinski definition) is 1. The largest absolute Gasteiger partial charge is 0.497 e. The van der Waals surface area contributed by atoms with E-state index >= 15 is 0 Å². The molecule has 3 aromatic rings. The van der Waals surface area contributed by atoms with E-state index in [9.17, 15) is 4.79 Å². The van der Waals surface area contributed by atoms with Crippen LogP contribution in [0, 0.1) is 0 Å². The number of benzene rings is 2. The van der Waals surface area contributed by atoms with Gasteiger partial charge in [-0.3, -0.25) is 4.79 Å². The number of carbonyl (C=O) groups excluding carboxylic acids is 1. The molecular formula is C21H24N4O4S. The minimum absolute atomic E-state index is 0.128. The summed E-state index contributed by atoms with van der Waals surface area (Å²) in [5.41, 5.74) is 0.710. The van der Waals surface area contributed by atoms with Gasteiger partial charge < -0.3 is 24.1 Å². The molecule has 0 aliphatic rings. The highest BCUT2D eigenvalue weighted by atomic mass is 32.2. The molecule has 30 heavy (non-hydrogen) atoms. The Hall–Kier alpha value is -3.20. The third-order valence-electron chi connectivity index (χ3n) is 4.31. The molecule has 0 radical (unpaired) electrons. The zero-order chi connectivity index (χ0) is 21.5.